The Morgan fingerprint density at radius 2 is 1.89 bits per heavy atom. The summed E-state index contributed by atoms with van der Waals surface area (Å²) in [6.45, 7) is 3.26. The van der Waals surface area contributed by atoms with Crippen LogP contribution in [0.1, 0.15) is 17.2 Å². The van der Waals surface area contributed by atoms with Crippen molar-refractivity contribution in [2.45, 2.75) is 20.0 Å². The monoisotopic (exact) mass is 272 g/mol. The smallest absolute Gasteiger partial charge is 0.308 e. The Labute approximate surface area is 106 Å². The summed E-state index contributed by atoms with van der Waals surface area (Å²) in [5.41, 5.74) is 1.24. The van der Waals surface area contributed by atoms with Gasteiger partial charge in [-0.1, -0.05) is 0 Å². The Hall–Kier alpha value is -2.16. The van der Waals surface area contributed by atoms with Crippen LogP contribution < -0.4 is 11.3 Å². The fraction of sp³-hybridized carbons (Fsp3) is 0.300. The molecule has 0 aliphatic rings. The molecule has 2 aromatic heterocycles. The van der Waals surface area contributed by atoms with E-state index in [1.54, 1.807) is 13.8 Å². The van der Waals surface area contributed by atoms with Crippen molar-refractivity contribution < 1.29 is 13.2 Å². The Bertz CT molecular complexity index is 604. The molecule has 0 fully saturated rings. The van der Waals surface area contributed by atoms with Gasteiger partial charge in [0.15, 0.2) is 5.82 Å². The molecular weight excluding hydrogens is 261 g/mol. The molecule has 0 unspecified atom stereocenters. The number of anilines is 1. The van der Waals surface area contributed by atoms with Gasteiger partial charge in [-0.05, 0) is 26.0 Å². The van der Waals surface area contributed by atoms with E-state index in [0.29, 0.717) is 11.6 Å². The molecule has 0 bridgehead atoms. The lowest BCUT2D eigenvalue weighted by molar-refractivity contribution is -0.137. The molecule has 0 aliphatic heterocycles. The second-order valence-corrected chi connectivity index (χ2v) is 3.86. The fourth-order valence-corrected chi connectivity index (χ4v) is 1.60. The summed E-state index contributed by atoms with van der Waals surface area (Å²) < 4.78 is 39.5. The Morgan fingerprint density at radius 3 is 2.37 bits per heavy atom. The SMILES string of the molecule is Cc1nc(C)n(-c2cc(C(F)(F)F)cc(NN)n2)n1. The van der Waals surface area contributed by atoms with Crippen LogP contribution >= 0.6 is 0 Å². The van der Waals surface area contributed by atoms with E-state index < -0.39 is 11.7 Å². The van der Waals surface area contributed by atoms with Crippen LogP contribution in [0, 0.1) is 13.8 Å². The van der Waals surface area contributed by atoms with E-state index in [1.165, 1.54) is 4.68 Å². The number of nitrogen functional groups attached to an aromatic ring is 1. The number of aromatic nitrogens is 4. The lowest BCUT2D eigenvalue weighted by atomic mass is 10.2. The van der Waals surface area contributed by atoms with Crippen LogP contribution in [-0.2, 0) is 6.18 Å². The number of nitrogens with one attached hydrogen (secondary N) is 1. The number of alkyl halides is 3. The molecule has 2 heterocycles. The highest BCUT2D eigenvalue weighted by molar-refractivity contribution is 5.44. The molecule has 3 N–H and O–H groups in total. The van der Waals surface area contributed by atoms with Crippen molar-refractivity contribution in [3.8, 4) is 5.82 Å². The van der Waals surface area contributed by atoms with Crippen molar-refractivity contribution in [2.75, 3.05) is 5.43 Å². The zero-order valence-corrected chi connectivity index (χ0v) is 10.2. The topological polar surface area (TPSA) is 81.7 Å². The Kier molecular flexibility index (Phi) is 3.14. The molecule has 0 amide bonds. The van der Waals surface area contributed by atoms with Gasteiger partial charge in [-0.2, -0.15) is 17.9 Å². The third-order valence-corrected chi connectivity index (χ3v) is 2.38. The van der Waals surface area contributed by atoms with E-state index in [1.807, 2.05) is 0 Å². The summed E-state index contributed by atoms with van der Waals surface area (Å²) in [5.74, 6) is 5.91. The third kappa shape index (κ3) is 2.65. The first kappa shape index (κ1) is 13.3. The number of hydrogen-bond donors (Lipinski definition) is 2. The molecule has 6 nitrogen and oxygen atoms in total. The summed E-state index contributed by atoms with van der Waals surface area (Å²) in [6, 6.07) is 1.71. The summed E-state index contributed by atoms with van der Waals surface area (Å²) in [7, 11) is 0. The van der Waals surface area contributed by atoms with E-state index in [9.17, 15) is 13.2 Å². The lowest BCUT2D eigenvalue weighted by Crippen LogP contribution is -2.14. The highest BCUT2D eigenvalue weighted by Gasteiger charge is 2.32. The Morgan fingerprint density at radius 1 is 1.21 bits per heavy atom. The van der Waals surface area contributed by atoms with Gasteiger partial charge in [0.2, 0.25) is 0 Å². The number of rotatable bonds is 2. The van der Waals surface area contributed by atoms with Crippen molar-refractivity contribution >= 4 is 5.82 Å². The molecule has 0 radical (unpaired) electrons. The molecule has 0 saturated heterocycles. The van der Waals surface area contributed by atoms with Crippen molar-refractivity contribution in [2.24, 2.45) is 5.84 Å². The van der Waals surface area contributed by atoms with Gasteiger partial charge >= 0.3 is 6.18 Å². The average molecular weight is 272 g/mol. The van der Waals surface area contributed by atoms with Gasteiger partial charge in [0.1, 0.15) is 17.5 Å². The molecule has 0 spiro atoms. The minimum atomic E-state index is -4.49. The van der Waals surface area contributed by atoms with Gasteiger partial charge < -0.3 is 5.43 Å². The van der Waals surface area contributed by atoms with Gasteiger partial charge in [0.25, 0.3) is 0 Å². The maximum absolute atomic E-state index is 12.8. The summed E-state index contributed by atoms with van der Waals surface area (Å²) in [4.78, 5) is 7.95. The molecule has 102 valence electrons. The van der Waals surface area contributed by atoms with Crippen LogP contribution in [0.4, 0.5) is 19.0 Å². The quantitative estimate of drug-likeness (QED) is 0.640. The van der Waals surface area contributed by atoms with Crippen molar-refractivity contribution in [1.82, 2.24) is 19.7 Å². The number of nitrogens with zero attached hydrogens (tertiary/aromatic N) is 4. The van der Waals surface area contributed by atoms with Crippen LogP contribution in [-0.4, -0.2) is 19.7 Å². The zero-order chi connectivity index (χ0) is 14.2. The largest absolute Gasteiger partial charge is 0.416 e. The van der Waals surface area contributed by atoms with Gasteiger partial charge in [0, 0.05) is 0 Å². The van der Waals surface area contributed by atoms with Crippen molar-refractivity contribution in [1.29, 1.82) is 0 Å². The van der Waals surface area contributed by atoms with E-state index in [-0.39, 0.29) is 11.6 Å². The maximum Gasteiger partial charge on any atom is 0.416 e. The number of pyridine rings is 1. The maximum atomic E-state index is 12.8. The predicted molar refractivity (Wildman–Crippen MR) is 61.4 cm³/mol. The van der Waals surface area contributed by atoms with E-state index >= 15 is 0 Å². The van der Waals surface area contributed by atoms with Gasteiger partial charge in [0.05, 0.1) is 5.56 Å². The number of aryl methyl sites for hydroxylation is 2. The minimum Gasteiger partial charge on any atom is -0.308 e. The van der Waals surface area contributed by atoms with Gasteiger partial charge in [-0.25, -0.2) is 15.8 Å². The van der Waals surface area contributed by atoms with Crippen LogP contribution in [0.2, 0.25) is 0 Å². The standard InChI is InChI=1S/C10H11F3N6/c1-5-15-6(2)19(18-5)9-4-7(10(11,12)13)3-8(16-9)17-14/h3-4H,14H2,1-2H3,(H,16,17). The number of nitrogens with two attached hydrogens (primary N) is 1. The van der Waals surface area contributed by atoms with E-state index in [0.717, 1.165) is 12.1 Å². The van der Waals surface area contributed by atoms with Gasteiger partial charge in [-0.3, -0.25) is 0 Å². The number of hydrazine groups is 1. The number of hydrogen-bond acceptors (Lipinski definition) is 5. The summed E-state index contributed by atoms with van der Waals surface area (Å²) in [6.07, 6.45) is -4.49. The summed E-state index contributed by atoms with van der Waals surface area (Å²) in [5, 5.41) is 3.99. The zero-order valence-electron chi connectivity index (χ0n) is 10.2. The number of halogens is 3. The molecule has 0 aromatic carbocycles. The molecule has 9 heteroatoms. The third-order valence-electron chi connectivity index (χ3n) is 2.38. The minimum absolute atomic E-state index is 0.000810. The molecule has 19 heavy (non-hydrogen) atoms. The van der Waals surface area contributed by atoms with Crippen molar-refractivity contribution in [3.05, 3.63) is 29.3 Å². The first-order chi connectivity index (χ1) is 8.81. The normalized spacial score (nSPS) is 11.7. The van der Waals surface area contributed by atoms with Crippen LogP contribution in [0.25, 0.3) is 5.82 Å². The molecule has 0 saturated carbocycles. The molecule has 2 rings (SSSR count). The van der Waals surface area contributed by atoms with Gasteiger partial charge in [-0.15, -0.1) is 5.10 Å². The van der Waals surface area contributed by atoms with Crippen molar-refractivity contribution in [3.63, 3.8) is 0 Å². The lowest BCUT2D eigenvalue weighted by Gasteiger charge is -2.11. The Balaban J connectivity index is 2.60. The van der Waals surface area contributed by atoms with E-state index in [2.05, 4.69) is 20.5 Å². The first-order valence-corrected chi connectivity index (χ1v) is 5.28. The van der Waals surface area contributed by atoms with Crippen LogP contribution in [0.15, 0.2) is 12.1 Å². The highest BCUT2D eigenvalue weighted by atomic mass is 19.4. The average Bonchev–Trinajstić information content (AvgIpc) is 2.66. The molecule has 2 aromatic rings. The molecule has 0 aliphatic carbocycles. The molecular formula is C10H11F3N6. The second-order valence-electron chi connectivity index (χ2n) is 3.86. The second kappa shape index (κ2) is 4.50. The van der Waals surface area contributed by atoms with Crippen LogP contribution in [0.3, 0.4) is 0 Å². The van der Waals surface area contributed by atoms with Crippen LogP contribution in [0.5, 0.6) is 0 Å². The fourth-order valence-electron chi connectivity index (χ4n) is 1.60. The highest BCUT2D eigenvalue weighted by Crippen LogP contribution is 2.31. The van der Waals surface area contributed by atoms with E-state index in [4.69, 9.17) is 5.84 Å². The summed E-state index contributed by atoms with van der Waals surface area (Å²) >= 11 is 0. The molecule has 0 atom stereocenters. The first-order valence-electron chi connectivity index (χ1n) is 5.28. The predicted octanol–water partition coefficient (Wildman–Crippen LogP) is 1.58.